The Hall–Kier alpha value is -2.30. The number of aliphatic imine (C=N–C) groups is 4. The summed E-state index contributed by atoms with van der Waals surface area (Å²) in [7, 11) is 0. The summed E-state index contributed by atoms with van der Waals surface area (Å²) in [6.07, 6.45) is 3.15. The van der Waals surface area contributed by atoms with Gasteiger partial charge in [-0.05, 0) is 5.56 Å². The van der Waals surface area contributed by atoms with Gasteiger partial charge in [0.15, 0.2) is 11.9 Å². The van der Waals surface area contributed by atoms with Crippen LogP contribution in [-0.2, 0) is 6.54 Å². The predicted octanol–water partition coefficient (Wildman–Crippen LogP) is 1.03. The van der Waals surface area contributed by atoms with Gasteiger partial charge >= 0.3 is 0 Å². The monoisotopic (exact) mass is 225 g/mol. The molecule has 2 heterocycles. The van der Waals surface area contributed by atoms with E-state index in [1.807, 2.05) is 30.3 Å². The molecule has 0 fully saturated rings. The Bertz CT molecular complexity index is 527. The first kappa shape index (κ1) is 9.89. The fourth-order valence-corrected chi connectivity index (χ4v) is 1.73. The summed E-state index contributed by atoms with van der Waals surface area (Å²) >= 11 is 0. The van der Waals surface area contributed by atoms with Crippen LogP contribution in [0.1, 0.15) is 5.56 Å². The van der Waals surface area contributed by atoms with Crippen molar-refractivity contribution in [1.29, 1.82) is 0 Å². The van der Waals surface area contributed by atoms with Gasteiger partial charge < -0.3 is 5.32 Å². The van der Waals surface area contributed by atoms with Gasteiger partial charge in [0.25, 0.3) is 0 Å². The molecule has 0 aromatic heterocycles. The first-order valence-electron chi connectivity index (χ1n) is 5.40. The van der Waals surface area contributed by atoms with Crippen LogP contribution in [0.2, 0.25) is 0 Å². The Morgan fingerprint density at radius 1 is 1.24 bits per heavy atom. The fraction of sp³-hybridized carbons (Fsp3) is 0.167. The van der Waals surface area contributed by atoms with E-state index in [-0.39, 0.29) is 6.04 Å². The average molecular weight is 225 g/mol. The van der Waals surface area contributed by atoms with Gasteiger partial charge in [-0.1, -0.05) is 30.3 Å². The molecule has 0 aliphatic carbocycles. The zero-order valence-corrected chi connectivity index (χ0v) is 9.11. The number of fused-ring (bicyclic) bond motifs is 1. The van der Waals surface area contributed by atoms with E-state index >= 15 is 0 Å². The van der Waals surface area contributed by atoms with Crippen LogP contribution in [-0.4, -0.2) is 30.4 Å². The molecule has 0 saturated heterocycles. The molecular weight excluding hydrogens is 214 g/mol. The molecule has 0 amide bonds. The average Bonchev–Trinajstić information content (AvgIpc) is 2.86. The third kappa shape index (κ3) is 1.99. The third-order valence-electron chi connectivity index (χ3n) is 2.59. The normalized spacial score (nSPS) is 23.4. The first-order valence-corrected chi connectivity index (χ1v) is 5.40. The van der Waals surface area contributed by atoms with Crippen molar-refractivity contribution in [1.82, 2.24) is 5.32 Å². The predicted molar refractivity (Wildman–Crippen MR) is 68.9 cm³/mol. The second kappa shape index (κ2) is 4.29. The third-order valence-corrected chi connectivity index (χ3v) is 2.59. The molecule has 0 radical (unpaired) electrons. The van der Waals surface area contributed by atoms with Crippen molar-refractivity contribution in [2.75, 3.05) is 0 Å². The maximum Gasteiger partial charge on any atom is 0.168 e. The Kier molecular flexibility index (Phi) is 2.50. The van der Waals surface area contributed by atoms with Crippen LogP contribution in [0.25, 0.3) is 0 Å². The molecule has 1 aromatic rings. The van der Waals surface area contributed by atoms with Gasteiger partial charge in [-0.15, -0.1) is 0 Å². The summed E-state index contributed by atoms with van der Waals surface area (Å²) in [5, 5.41) is 2.96. The maximum atomic E-state index is 4.48. The lowest BCUT2D eigenvalue weighted by atomic mass is 10.2. The summed E-state index contributed by atoms with van der Waals surface area (Å²) in [6, 6.07) is 9.93. The largest absolute Gasteiger partial charge is 0.332 e. The van der Waals surface area contributed by atoms with Crippen molar-refractivity contribution in [3.8, 4) is 0 Å². The van der Waals surface area contributed by atoms with E-state index in [0.29, 0.717) is 12.4 Å². The van der Waals surface area contributed by atoms with E-state index in [1.165, 1.54) is 0 Å². The molecule has 1 atom stereocenters. The zero-order chi connectivity index (χ0) is 11.5. The Balaban J connectivity index is 1.80. The van der Waals surface area contributed by atoms with Gasteiger partial charge in [-0.3, -0.25) is 9.98 Å². The lowest BCUT2D eigenvalue weighted by Crippen LogP contribution is -2.40. The molecule has 3 rings (SSSR count). The molecule has 1 N–H and O–H groups in total. The molecule has 84 valence electrons. The van der Waals surface area contributed by atoms with Gasteiger partial charge in [-0.25, -0.2) is 9.98 Å². The molecule has 0 spiro atoms. The van der Waals surface area contributed by atoms with E-state index in [4.69, 9.17) is 0 Å². The van der Waals surface area contributed by atoms with Gasteiger partial charge in [0.05, 0.1) is 12.9 Å². The highest BCUT2D eigenvalue weighted by Gasteiger charge is 2.25. The molecule has 5 nitrogen and oxygen atoms in total. The van der Waals surface area contributed by atoms with Gasteiger partial charge in [0.1, 0.15) is 12.2 Å². The first-order chi connectivity index (χ1) is 8.43. The minimum atomic E-state index is -0.149. The molecule has 0 saturated carbocycles. The number of hydrogen-bond donors (Lipinski definition) is 1. The quantitative estimate of drug-likeness (QED) is 0.802. The van der Waals surface area contributed by atoms with E-state index in [9.17, 15) is 0 Å². The van der Waals surface area contributed by atoms with Gasteiger partial charge in [0.2, 0.25) is 0 Å². The minimum Gasteiger partial charge on any atom is -0.332 e. The Morgan fingerprint density at radius 3 is 3.00 bits per heavy atom. The summed E-state index contributed by atoms with van der Waals surface area (Å²) in [5.74, 6) is 1.51. The zero-order valence-electron chi connectivity index (χ0n) is 9.11. The number of rotatable bonds is 2. The van der Waals surface area contributed by atoms with Gasteiger partial charge in [0, 0.05) is 0 Å². The Labute approximate surface area is 98.7 Å². The number of nitrogens with one attached hydrogen (secondary N) is 1. The highest BCUT2D eigenvalue weighted by molar-refractivity contribution is 6.21. The van der Waals surface area contributed by atoms with Crippen LogP contribution in [0.5, 0.6) is 0 Å². The van der Waals surface area contributed by atoms with Crippen LogP contribution in [0.3, 0.4) is 0 Å². The molecular formula is C12H11N5. The van der Waals surface area contributed by atoms with Crippen LogP contribution in [0.15, 0.2) is 50.3 Å². The molecule has 2 aliphatic rings. The topological polar surface area (TPSA) is 61.5 Å². The smallest absolute Gasteiger partial charge is 0.168 e. The number of hydrogen-bond acceptors (Lipinski definition) is 4. The van der Waals surface area contributed by atoms with Crippen molar-refractivity contribution in [3.05, 3.63) is 35.9 Å². The van der Waals surface area contributed by atoms with Crippen LogP contribution < -0.4 is 5.32 Å². The number of nitrogens with zero attached hydrogens (tertiary/aromatic N) is 4. The lowest BCUT2D eigenvalue weighted by Gasteiger charge is -2.14. The number of amidine groups is 2. The van der Waals surface area contributed by atoms with Crippen molar-refractivity contribution in [2.45, 2.75) is 12.6 Å². The van der Waals surface area contributed by atoms with E-state index in [2.05, 4.69) is 25.3 Å². The van der Waals surface area contributed by atoms with Crippen LogP contribution >= 0.6 is 0 Å². The SMILES string of the molecule is C1=NC(=NCc2ccccc2)[C@@H]2N=CN=C2N1. The molecule has 2 aliphatic heterocycles. The van der Waals surface area contributed by atoms with Crippen LogP contribution in [0, 0.1) is 0 Å². The Morgan fingerprint density at radius 2 is 2.12 bits per heavy atom. The summed E-state index contributed by atoms with van der Waals surface area (Å²) in [5.41, 5.74) is 1.16. The molecule has 17 heavy (non-hydrogen) atoms. The second-order valence-electron chi connectivity index (χ2n) is 3.74. The van der Waals surface area contributed by atoms with Crippen molar-refractivity contribution < 1.29 is 0 Å². The van der Waals surface area contributed by atoms with Gasteiger partial charge in [-0.2, -0.15) is 0 Å². The van der Waals surface area contributed by atoms with E-state index < -0.39 is 0 Å². The maximum absolute atomic E-state index is 4.48. The molecule has 0 unspecified atom stereocenters. The highest BCUT2D eigenvalue weighted by Crippen LogP contribution is 2.09. The van der Waals surface area contributed by atoms with Crippen molar-refractivity contribution in [3.63, 3.8) is 0 Å². The fourth-order valence-electron chi connectivity index (χ4n) is 1.73. The van der Waals surface area contributed by atoms with E-state index in [0.717, 1.165) is 11.4 Å². The molecule has 0 bridgehead atoms. The minimum absolute atomic E-state index is 0.149. The van der Waals surface area contributed by atoms with Crippen LogP contribution in [0.4, 0.5) is 0 Å². The standard InChI is InChI=1S/C12H11N5/c1-2-4-9(5-3-1)6-13-11-10-12(15-7-14-10)17-8-16-11/h1-5,7-8,10H,6H2,(H,13,14,15,16,17)/t10-/m0/s1. The molecule has 1 aromatic carbocycles. The summed E-state index contributed by atoms with van der Waals surface area (Å²) in [6.45, 7) is 0.618. The van der Waals surface area contributed by atoms with E-state index in [1.54, 1.807) is 12.7 Å². The molecule has 5 heteroatoms. The highest BCUT2D eigenvalue weighted by atomic mass is 15.2. The number of benzene rings is 1. The summed E-state index contributed by atoms with van der Waals surface area (Å²) in [4.78, 5) is 17.0. The summed E-state index contributed by atoms with van der Waals surface area (Å²) < 4.78 is 0. The van der Waals surface area contributed by atoms with Crippen molar-refractivity contribution >= 4 is 24.3 Å². The second-order valence-corrected chi connectivity index (χ2v) is 3.74. The lowest BCUT2D eigenvalue weighted by molar-refractivity contribution is 1.00. The van der Waals surface area contributed by atoms with Crippen molar-refractivity contribution in [2.24, 2.45) is 20.0 Å².